The molecule has 0 aliphatic rings. The highest BCUT2D eigenvalue weighted by molar-refractivity contribution is 6.69. The predicted molar refractivity (Wildman–Crippen MR) is 45.6 cm³/mol. The Balaban J connectivity index is 3.21. The van der Waals surface area contributed by atoms with Crippen molar-refractivity contribution in [1.29, 1.82) is 0 Å². The van der Waals surface area contributed by atoms with E-state index in [4.69, 9.17) is 16.8 Å². The fraction of sp³-hybridized carbons (Fsp3) is 0.125. The van der Waals surface area contributed by atoms with Gasteiger partial charge in [0.15, 0.2) is 5.17 Å². The molecule has 0 radical (unpaired) electrons. The van der Waals surface area contributed by atoms with Gasteiger partial charge in [0.2, 0.25) is 0 Å². The lowest BCUT2D eigenvalue weighted by Gasteiger charge is -2.07. The van der Waals surface area contributed by atoms with Crippen molar-refractivity contribution in [1.82, 2.24) is 0 Å². The van der Waals surface area contributed by atoms with E-state index in [1.54, 1.807) is 0 Å². The number of benzene rings is 1. The van der Waals surface area contributed by atoms with Crippen molar-refractivity contribution < 1.29 is 22.8 Å². The summed E-state index contributed by atoms with van der Waals surface area (Å²) in [6, 6.07) is 1.72. The van der Waals surface area contributed by atoms with Crippen molar-refractivity contribution in [2.24, 2.45) is 5.16 Å². The van der Waals surface area contributed by atoms with Crippen molar-refractivity contribution in [3.8, 4) is 0 Å². The zero-order valence-electron chi connectivity index (χ0n) is 7.02. The summed E-state index contributed by atoms with van der Waals surface area (Å²) in [6.07, 6.45) is -4.62. The molecule has 1 aromatic carbocycles. The van der Waals surface area contributed by atoms with Gasteiger partial charge in [-0.25, -0.2) is 4.39 Å². The topological polar surface area (TPSA) is 32.6 Å². The molecule has 0 saturated carbocycles. The summed E-state index contributed by atoms with van der Waals surface area (Å²) in [5.74, 6) is -1.20. The molecule has 0 aromatic heterocycles. The van der Waals surface area contributed by atoms with Crippen LogP contribution in [0, 0.1) is 5.82 Å². The standard InChI is InChI=1S/C8H4ClF4NO/c9-7(14-15)5-2-1-4(3-6(5)10)8(11,12)13/h1-3,15H. The molecule has 15 heavy (non-hydrogen) atoms. The summed E-state index contributed by atoms with van der Waals surface area (Å²) in [5.41, 5.74) is -1.53. The minimum atomic E-state index is -4.62. The lowest BCUT2D eigenvalue weighted by molar-refractivity contribution is -0.137. The van der Waals surface area contributed by atoms with Crippen molar-refractivity contribution in [2.45, 2.75) is 6.18 Å². The molecule has 0 fully saturated rings. The minimum Gasteiger partial charge on any atom is -0.410 e. The molecule has 0 aliphatic carbocycles. The summed E-state index contributed by atoms with van der Waals surface area (Å²) in [6.45, 7) is 0. The highest BCUT2D eigenvalue weighted by Crippen LogP contribution is 2.30. The third-order valence-corrected chi connectivity index (χ3v) is 1.89. The van der Waals surface area contributed by atoms with Gasteiger partial charge in [0, 0.05) is 0 Å². The van der Waals surface area contributed by atoms with Crippen LogP contribution in [0.25, 0.3) is 0 Å². The summed E-state index contributed by atoms with van der Waals surface area (Å²) in [4.78, 5) is 0. The Morgan fingerprint density at radius 2 is 1.93 bits per heavy atom. The van der Waals surface area contributed by atoms with Gasteiger partial charge in [-0.05, 0) is 18.2 Å². The van der Waals surface area contributed by atoms with E-state index in [1.807, 2.05) is 0 Å². The molecular formula is C8H4ClF4NO. The van der Waals surface area contributed by atoms with Crippen LogP contribution < -0.4 is 0 Å². The van der Waals surface area contributed by atoms with Crippen LogP contribution >= 0.6 is 11.6 Å². The number of nitrogens with zero attached hydrogens (tertiary/aromatic N) is 1. The molecule has 1 N–H and O–H groups in total. The van der Waals surface area contributed by atoms with E-state index in [2.05, 4.69) is 5.16 Å². The number of hydrogen-bond donors (Lipinski definition) is 1. The van der Waals surface area contributed by atoms with Crippen LogP contribution in [0.15, 0.2) is 23.4 Å². The zero-order valence-corrected chi connectivity index (χ0v) is 7.77. The number of halogens is 5. The van der Waals surface area contributed by atoms with Gasteiger partial charge in [-0.3, -0.25) is 0 Å². The summed E-state index contributed by atoms with van der Waals surface area (Å²) in [7, 11) is 0. The molecule has 0 unspecified atom stereocenters. The molecule has 1 aromatic rings. The van der Waals surface area contributed by atoms with Crippen LogP contribution in [-0.2, 0) is 6.18 Å². The Kier molecular flexibility index (Phi) is 3.18. The highest BCUT2D eigenvalue weighted by Gasteiger charge is 2.31. The van der Waals surface area contributed by atoms with Gasteiger partial charge in [-0.1, -0.05) is 16.8 Å². The average molecular weight is 242 g/mol. The molecule has 0 saturated heterocycles. The fourth-order valence-electron chi connectivity index (χ4n) is 0.913. The molecular weight excluding hydrogens is 238 g/mol. The maximum atomic E-state index is 13.0. The van der Waals surface area contributed by atoms with Gasteiger partial charge in [0.05, 0.1) is 11.1 Å². The first kappa shape index (κ1) is 11.8. The van der Waals surface area contributed by atoms with Crippen LogP contribution in [-0.4, -0.2) is 10.4 Å². The van der Waals surface area contributed by atoms with E-state index in [9.17, 15) is 17.6 Å². The van der Waals surface area contributed by atoms with Crippen molar-refractivity contribution >= 4 is 16.8 Å². The Hall–Kier alpha value is -1.30. The van der Waals surface area contributed by atoms with Gasteiger partial charge in [-0.15, -0.1) is 0 Å². The third-order valence-electron chi connectivity index (χ3n) is 1.61. The largest absolute Gasteiger partial charge is 0.416 e. The van der Waals surface area contributed by atoms with Crippen molar-refractivity contribution in [2.75, 3.05) is 0 Å². The van der Waals surface area contributed by atoms with E-state index >= 15 is 0 Å². The number of oxime groups is 1. The Bertz CT molecular complexity index is 402. The molecule has 0 heterocycles. The Morgan fingerprint density at radius 3 is 2.33 bits per heavy atom. The monoisotopic (exact) mass is 241 g/mol. The zero-order chi connectivity index (χ0) is 11.6. The van der Waals surface area contributed by atoms with Gasteiger partial charge in [0.25, 0.3) is 0 Å². The number of alkyl halides is 3. The highest BCUT2D eigenvalue weighted by atomic mass is 35.5. The second kappa shape index (κ2) is 4.06. The van der Waals surface area contributed by atoms with E-state index in [1.165, 1.54) is 0 Å². The summed E-state index contributed by atoms with van der Waals surface area (Å²) < 4.78 is 49.4. The van der Waals surface area contributed by atoms with E-state index < -0.39 is 28.3 Å². The Morgan fingerprint density at radius 1 is 1.33 bits per heavy atom. The second-order valence-electron chi connectivity index (χ2n) is 2.58. The lowest BCUT2D eigenvalue weighted by atomic mass is 10.1. The maximum absolute atomic E-state index is 13.0. The number of rotatable bonds is 1. The summed E-state index contributed by atoms with van der Waals surface area (Å²) in [5, 5.41) is 10.1. The molecule has 0 amide bonds. The molecule has 0 aliphatic heterocycles. The minimum absolute atomic E-state index is 0.281. The first-order chi connectivity index (χ1) is 6.86. The Labute approximate surface area is 86.8 Å². The van der Waals surface area contributed by atoms with Crippen molar-refractivity contribution in [3.63, 3.8) is 0 Å². The van der Waals surface area contributed by atoms with Crippen LogP contribution in [0.5, 0.6) is 0 Å². The smallest absolute Gasteiger partial charge is 0.410 e. The third kappa shape index (κ3) is 2.59. The van der Waals surface area contributed by atoms with Gasteiger partial charge in [-0.2, -0.15) is 13.2 Å². The first-order valence-electron chi connectivity index (χ1n) is 3.61. The fourth-order valence-corrected chi connectivity index (χ4v) is 1.07. The molecule has 0 bridgehead atoms. The van der Waals surface area contributed by atoms with E-state index in [-0.39, 0.29) is 6.07 Å². The van der Waals surface area contributed by atoms with Gasteiger partial charge >= 0.3 is 6.18 Å². The van der Waals surface area contributed by atoms with Crippen LogP contribution in [0.4, 0.5) is 17.6 Å². The van der Waals surface area contributed by atoms with E-state index in [0.29, 0.717) is 6.07 Å². The predicted octanol–water partition coefficient (Wildman–Crippen LogP) is 3.22. The lowest BCUT2D eigenvalue weighted by Crippen LogP contribution is -2.07. The maximum Gasteiger partial charge on any atom is 0.416 e. The molecule has 0 atom stereocenters. The summed E-state index contributed by atoms with van der Waals surface area (Å²) >= 11 is 5.24. The van der Waals surface area contributed by atoms with Crippen LogP contribution in [0.3, 0.4) is 0 Å². The van der Waals surface area contributed by atoms with Crippen molar-refractivity contribution in [3.05, 3.63) is 35.1 Å². The SMILES string of the molecule is ON=C(Cl)c1ccc(C(F)(F)F)cc1F. The van der Waals surface area contributed by atoms with Gasteiger partial charge in [0.1, 0.15) is 5.82 Å². The first-order valence-corrected chi connectivity index (χ1v) is 3.98. The molecule has 2 nitrogen and oxygen atoms in total. The van der Waals surface area contributed by atoms with E-state index in [0.717, 1.165) is 6.07 Å². The van der Waals surface area contributed by atoms with Crippen LogP contribution in [0.1, 0.15) is 11.1 Å². The molecule has 82 valence electrons. The quantitative estimate of drug-likeness (QED) is 0.348. The molecule has 0 spiro atoms. The van der Waals surface area contributed by atoms with Crippen LogP contribution in [0.2, 0.25) is 0 Å². The molecule has 7 heteroatoms. The normalized spacial score (nSPS) is 13.0. The van der Waals surface area contributed by atoms with Gasteiger partial charge < -0.3 is 5.21 Å². The second-order valence-corrected chi connectivity index (χ2v) is 2.94. The molecule has 1 rings (SSSR count). The average Bonchev–Trinajstić information content (AvgIpc) is 2.15. The number of hydrogen-bond acceptors (Lipinski definition) is 2.